The van der Waals surface area contributed by atoms with Crippen molar-refractivity contribution in [2.24, 2.45) is 5.14 Å². The predicted octanol–water partition coefficient (Wildman–Crippen LogP) is 3.29. The first-order valence-electron chi connectivity index (χ1n) is 9.72. The van der Waals surface area contributed by atoms with Gasteiger partial charge in [-0.2, -0.15) is 0 Å². The molecule has 0 saturated carbocycles. The van der Waals surface area contributed by atoms with Gasteiger partial charge in [-0.3, -0.25) is 4.79 Å². The first-order valence-corrected chi connectivity index (χ1v) is 11.3. The largest absolute Gasteiger partial charge is 0.454 e. The second-order valence-electron chi connectivity index (χ2n) is 7.52. The van der Waals surface area contributed by atoms with Gasteiger partial charge in [0.15, 0.2) is 6.61 Å². The summed E-state index contributed by atoms with van der Waals surface area (Å²) < 4.78 is 43.5. The Bertz CT molecular complexity index is 1290. The minimum Gasteiger partial charge on any atom is -0.454 e. The van der Waals surface area contributed by atoms with E-state index in [-0.39, 0.29) is 16.3 Å². The van der Waals surface area contributed by atoms with Crippen LogP contribution in [0.15, 0.2) is 53.4 Å². The Balaban J connectivity index is 1.73. The lowest BCUT2D eigenvalue weighted by Crippen LogP contribution is -2.17. The average molecular weight is 459 g/mol. The lowest BCUT2D eigenvalue weighted by Gasteiger charge is -2.10. The number of benzene rings is 2. The van der Waals surface area contributed by atoms with Crippen molar-refractivity contribution in [3.8, 4) is 0 Å². The van der Waals surface area contributed by atoms with Crippen LogP contribution < -0.4 is 5.14 Å². The fourth-order valence-corrected chi connectivity index (χ4v) is 4.23. The highest BCUT2D eigenvalue weighted by Gasteiger charge is 2.20. The maximum atomic E-state index is 13.1. The van der Waals surface area contributed by atoms with E-state index in [9.17, 15) is 22.4 Å². The van der Waals surface area contributed by atoms with Crippen molar-refractivity contribution in [2.45, 2.75) is 32.2 Å². The zero-order valence-corrected chi connectivity index (χ0v) is 18.7. The number of nitrogens with zero attached hydrogens (tertiary/aromatic N) is 1. The Morgan fingerprint density at radius 2 is 1.69 bits per heavy atom. The Labute approximate surface area is 185 Å². The van der Waals surface area contributed by atoms with Crippen LogP contribution >= 0.6 is 0 Å². The summed E-state index contributed by atoms with van der Waals surface area (Å²) in [4.78, 5) is 24.9. The van der Waals surface area contributed by atoms with Gasteiger partial charge in [-0.1, -0.05) is 18.2 Å². The third-order valence-corrected chi connectivity index (χ3v) is 6.25. The molecule has 0 aliphatic carbocycles. The van der Waals surface area contributed by atoms with Gasteiger partial charge in [-0.05, 0) is 62.2 Å². The number of carbonyl (C=O) groups is 2. The van der Waals surface area contributed by atoms with E-state index in [0.717, 1.165) is 17.3 Å². The molecule has 0 atom stereocenters. The number of rotatable bonds is 7. The number of ketones is 1. The predicted molar refractivity (Wildman–Crippen MR) is 117 cm³/mol. The van der Waals surface area contributed by atoms with Crippen LogP contribution in [0.5, 0.6) is 0 Å². The van der Waals surface area contributed by atoms with Crippen molar-refractivity contribution in [1.29, 1.82) is 0 Å². The van der Waals surface area contributed by atoms with Crippen molar-refractivity contribution in [2.75, 3.05) is 6.61 Å². The number of aryl methyl sites for hydroxylation is 2. The number of hydrogen-bond donors (Lipinski definition) is 1. The number of esters is 1. The van der Waals surface area contributed by atoms with Crippen LogP contribution in [-0.2, 0) is 21.3 Å². The zero-order chi connectivity index (χ0) is 23.6. The maximum Gasteiger partial charge on any atom is 0.338 e. The number of hydrogen-bond acceptors (Lipinski definition) is 5. The molecule has 3 aromatic rings. The minimum absolute atomic E-state index is 0.0193. The van der Waals surface area contributed by atoms with Gasteiger partial charge in [0, 0.05) is 23.5 Å². The summed E-state index contributed by atoms with van der Waals surface area (Å²) in [5, 5.41) is 5.17. The Morgan fingerprint density at radius 1 is 1.03 bits per heavy atom. The van der Waals surface area contributed by atoms with Gasteiger partial charge in [0.05, 0.1) is 10.5 Å². The molecule has 32 heavy (non-hydrogen) atoms. The molecule has 3 rings (SSSR count). The number of aromatic nitrogens is 1. The molecule has 2 N–H and O–H groups in total. The summed E-state index contributed by atoms with van der Waals surface area (Å²) in [6, 6.07) is 11.8. The molecule has 0 aliphatic rings. The van der Waals surface area contributed by atoms with Crippen LogP contribution in [0.25, 0.3) is 0 Å². The molecule has 1 heterocycles. The minimum atomic E-state index is -4.00. The molecule has 0 spiro atoms. The number of carbonyl (C=O) groups excluding carboxylic acids is 2. The van der Waals surface area contributed by atoms with Crippen molar-refractivity contribution >= 4 is 21.8 Å². The van der Waals surface area contributed by atoms with Crippen LogP contribution in [0.2, 0.25) is 0 Å². The smallest absolute Gasteiger partial charge is 0.338 e. The first kappa shape index (κ1) is 23.4. The quantitative estimate of drug-likeness (QED) is 0.432. The standard InChI is InChI=1S/C23H23FN2O5S/c1-14-4-7-18(11-22(14)32(25,29)30)23(28)31-13-21(27)20-10-15(2)26(16(20)3)12-17-5-8-19(24)9-6-17/h4-11H,12-13H2,1-3H3,(H2,25,29,30). The van der Waals surface area contributed by atoms with E-state index in [2.05, 4.69) is 0 Å². The van der Waals surface area contributed by atoms with Crippen molar-refractivity contribution in [1.82, 2.24) is 4.57 Å². The van der Waals surface area contributed by atoms with Crippen molar-refractivity contribution in [3.05, 3.63) is 88.0 Å². The van der Waals surface area contributed by atoms with E-state index in [1.54, 1.807) is 32.0 Å². The Morgan fingerprint density at radius 3 is 2.31 bits per heavy atom. The summed E-state index contributed by atoms with van der Waals surface area (Å²) in [7, 11) is -4.00. The molecule has 0 amide bonds. The molecular formula is C23H23FN2O5S. The number of halogens is 1. The normalized spacial score (nSPS) is 11.4. The molecule has 0 radical (unpaired) electrons. The monoisotopic (exact) mass is 458 g/mol. The van der Waals surface area contributed by atoms with Gasteiger partial charge < -0.3 is 9.30 Å². The number of primary sulfonamides is 1. The fourth-order valence-electron chi connectivity index (χ4n) is 3.42. The van der Waals surface area contributed by atoms with Crippen molar-refractivity contribution < 1.29 is 27.1 Å². The second-order valence-corrected chi connectivity index (χ2v) is 9.05. The van der Waals surface area contributed by atoms with Gasteiger partial charge in [0.2, 0.25) is 15.8 Å². The van der Waals surface area contributed by atoms with E-state index in [4.69, 9.17) is 9.88 Å². The molecule has 1 aromatic heterocycles. The molecule has 168 valence electrons. The summed E-state index contributed by atoms with van der Waals surface area (Å²) in [6.45, 7) is 5.15. The third-order valence-electron chi connectivity index (χ3n) is 5.19. The fraction of sp³-hybridized carbons (Fsp3) is 0.217. The van der Waals surface area contributed by atoms with Gasteiger partial charge in [-0.15, -0.1) is 0 Å². The van der Waals surface area contributed by atoms with Gasteiger partial charge >= 0.3 is 5.97 Å². The topological polar surface area (TPSA) is 108 Å². The van der Waals surface area contributed by atoms with Crippen LogP contribution in [0.1, 0.15) is 43.2 Å². The summed E-state index contributed by atoms with van der Waals surface area (Å²) in [5.41, 5.74) is 3.19. The average Bonchev–Trinajstić information content (AvgIpc) is 3.01. The maximum absolute atomic E-state index is 13.1. The molecule has 7 nitrogen and oxygen atoms in total. The molecule has 0 unspecified atom stereocenters. The van der Waals surface area contributed by atoms with E-state index in [0.29, 0.717) is 23.4 Å². The molecule has 0 bridgehead atoms. The lowest BCUT2D eigenvalue weighted by atomic mass is 10.1. The van der Waals surface area contributed by atoms with E-state index in [1.807, 2.05) is 11.5 Å². The summed E-state index contributed by atoms with van der Waals surface area (Å²) >= 11 is 0. The van der Waals surface area contributed by atoms with Crippen molar-refractivity contribution in [3.63, 3.8) is 0 Å². The summed E-state index contributed by atoms with van der Waals surface area (Å²) in [6.07, 6.45) is 0. The molecule has 0 aliphatic heterocycles. The summed E-state index contributed by atoms with van der Waals surface area (Å²) in [5.74, 6) is -1.55. The van der Waals surface area contributed by atoms with Crippen LogP contribution in [0, 0.1) is 26.6 Å². The van der Waals surface area contributed by atoms with Gasteiger partial charge in [-0.25, -0.2) is 22.7 Å². The van der Waals surface area contributed by atoms with Gasteiger partial charge in [0.25, 0.3) is 0 Å². The Hall–Kier alpha value is -3.30. The van der Waals surface area contributed by atoms with Crippen LogP contribution in [0.3, 0.4) is 0 Å². The molecule has 2 aromatic carbocycles. The lowest BCUT2D eigenvalue weighted by molar-refractivity contribution is 0.0474. The van der Waals surface area contributed by atoms with E-state index in [1.165, 1.54) is 24.3 Å². The highest BCUT2D eigenvalue weighted by Crippen LogP contribution is 2.19. The SMILES string of the molecule is Cc1ccc(C(=O)OCC(=O)c2cc(C)n(Cc3ccc(F)cc3)c2C)cc1S(N)(=O)=O. The number of Topliss-reactive ketones (excluding diaryl/α,β-unsaturated/α-hetero) is 1. The van der Waals surface area contributed by atoms with E-state index >= 15 is 0 Å². The second kappa shape index (κ2) is 9.05. The van der Waals surface area contributed by atoms with E-state index < -0.39 is 28.4 Å². The number of nitrogens with two attached hydrogens (primary N) is 1. The highest BCUT2D eigenvalue weighted by molar-refractivity contribution is 7.89. The number of ether oxygens (including phenoxy) is 1. The zero-order valence-electron chi connectivity index (χ0n) is 17.9. The molecule has 0 fully saturated rings. The molecular weight excluding hydrogens is 435 g/mol. The Kier molecular flexibility index (Phi) is 6.61. The molecule has 9 heteroatoms. The van der Waals surface area contributed by atoms with Crippen LogP contribution in [0.4, 0.5) is 4.39 Å². The first-order chi connectivity index (χ1) is 15.0. The van der Waals surface area contributed by atoms with Crippen LogP contribution in [-0.4, -0.2) is 31.3 Å². The molecule has 0 saturated heterocycles. The highest BCUT2D eigenvalue weighted by atomic mass is 32.2. The third kappa shape index (κ3) is 5.12. The van der Waals surface area contributed by atoms with Gasteiger partial charge in [0.1, 0.15) is 5.82 Å². The number of sulfonamides is 1.